The predicted molar refractivity (Wildman–Crippen MR) is 78.0 cm³/mol. The second-order valence-corrected chi connectivity index (χ2v) is 5.79. The lowest BCUT2D eigenvalue weighted by Gasteiger charge is -2.16. The second-order valence-electron chi connectivity index (χ2n) is 4.16. The van der Waals surface area contributed by atoms with Crippen LogP contribution in [0.3, 0.4) is 0 Å². The second kappa shape index (κ2) is 5.67. The Kier molecular flexibility index (Phi) is 4.20. The molecule has 0 atom stereocenters. The zero-order valence-electron chi connectivity index (χ0n) is 9.69. The Balaban J connectivity index is 1.98. The first-order chi connectivity index (χ1) is 8.15. The lowest BCUT2D eigenvalue weighted by atomic mass is 10.2. The molecule has 0 unspecified atom stereocenters. The molecule has 2 aromatic rings. The summed E-state index contributed by atoms with van der Waals surface area (Å²) in [5.41, 5.74) is 9.19. The number of nitrogens with two attached hydrogens (primary N) is 1. The zero-order chi connectivity index (χ0) is 12.3. The first-order valence-electron chi connectivity index (χ1n) is 5.38. The standard InChI is InChI=1S/C13H15BrN2S/c1-16(8-11-4-5-17-9-11)7-10-2-3-13(15)12(14)6-10/h2-6,9H,7-8,15H2,1H3. The molecule has 2 nitrogen and oxygen atoms in total. The van der Waals surface area contributed by atoms with Crippen LogP contribution >= 0.6 is 27.3 Å². The summed E-state index contributed by atoms with van der Waals surface area (Å²) in [6.07, 6.45) is 0. The van der Waals surface area contributed by atoms with Crippen molar-refractivity contribution in [2.45, 2.75) is 13.1 Å². The normalized spacial score (nSPS) is 11.0. The highest BCUT2D eigenvalue weighted by molar-refractivity contribution is 9.10. The maximum absolute atomic E-state index is 5.77. The number of nitrogen functional groups attached to an aromatic ring is 1. The fourth-order valence-corrected chi connectivity index (χ4v) is 2.82. The van der Waals surface area contributed by atoms with Crippen LogP contribution in [0.4, 0.5) is 5.69 Å². The van der Waals surface area contributed by atoms with Crippen LogP contribution in [-0.4, -0.2) is 11.9 Å². The minimum absolute atomic E-state index is 0.786. The Hall–Kier alpha value is -0.840. The van der Waals surface area contributed by atoms with Gasteiger partial charge in [0.25, 0.3) is 0 Å². The Morgan fingerprint density at radius 3 is 2.65 bits per heavy atom. The lowest BCUT2D eigenvalue weighted by molar-refractivity contribution is 0.319. The number of benzene rings is 1. The van der Waals surface area contributed by atoms with Gasteiger partial charge in [0.1, 0.15) is 0 Å². The summed E-state index contributed by atoms with van der Waals surface area (Å²) in [7, 11) is 2.13. The highest BCUT2D eigenvalue weighted by Gasteiger charge is 2.04. The van der Waals surface area contributed by atoms with Gasteiger partial charge < -0.3 is 5.73 Å². The molecule has 2 rings (SSSR count). The maximum atomic E-state index is 5.77. The number of nitrogens with zero attached hydrogens (tertiary/aromatic N) is 1. The fraction of sp³-hybridized carbons (Fsp3) is 0.231. The molecule has 0 aliphatic rings. The predicted octanol–water partition coefficient (Wildman–Crippen LogP) is 3.72. The molecule has 1 heterocycles. The summed E-state index contributed by atoms with van der Waals surface area (Å²) in [4.78, 5) is 2.29. The van der Waals surface area contributed by atoms with E-state index in [4.69, 9.17) is 5.73 Å². The molecule has 1 aromatic carbocycles. The number of hydrogen-bond donors (Lipinski definition) is 1. The van der Waals surface area contributed by atoms with Gasteiger partial charge in [-0.3, -0.25) is 4.90 Å². The summed E-state index contributed by atoms with van der Waals surface area (Å²) >= 11 is 5.20. The average Bonchev–Trinajstić information content (AvgIpc) is 2.76. The van der Waals surface area contributed by atoms with Gasteiger partial charge in [-0.1, -0.05) is 6.07 Å². The molecule has 0 saturated carbocycles. The van der Waals surface area contributed by atoms with Crippen molar-refractivity contribution in [3.05, 3.63) is 50.6 Å². The van der Waals surface area contributed by atoms with E-state index in [1.165, 1.54) is 11.1 Å². The fourth-order valence-electron chi connectivity index (χ4n) is 1.73. The average molecular weight is 311 g/mol. The maximum Gasteiger partial charge on any atom is 0.0458 e. The van der Waals surface area contributed by atoms with Crippen LogP contribution in [0.1, 0.15) is 11.1 Å². The molecule has 0 aliphatic carbocycles. The van der Waals surface area contributed by atoms with Crippen molar-refractivity contribution in [1.82, 2.24) is 4.90 Å². The molecule has 4 heteroatoms. The molecule has 0 amide bonds. The molecular weight excluding hydrogens is 296 g/mol. The van der Waals surface area contributed by atoms with Crippen LogP contribution in [0.2, 0.25) is 0 Å². The summed E-state index contributed by atoms with van der Waals surface area (Å²) < 4.78 is 0.971. The van der Waals surface area contributed by atoms with E-state index in [-0.39, 0.29) is 0 Å². The van der Waals surface area contributed by atoms with Gasteiger partial charge in [0, 0.05) is 23.2 Å². The molecule has 0 spiro atoms. The van der Waals surface area contributed by atoms with Gasteiger partial charge in [-0.2, -0.15) is 11.3 Å². The third-order valence-electron chi connectivity index (χ3n) is 2.55. The van der Waals surface area contributed by atoms with E-state index in [9.17, 15) is 0 Å². The third-order valence-corrected chi connectivity index (χ3v) is 3.97. The van der Waals surface area contributed by atoms with Crippen molar-refractivity contribution in [3.63, 3.8) is 0 Å². The molecule has 0 saturated heterocycles. The van der Waals surface area contributed by atoms with E-state index in [0.717, 1.165) is 23.2 Å². The van der Waals surface area contributed by atoms with E-state index < -0.39 is 0 Å². The van der Waals surface area contributed by atoms with Gasteiger partial charge in [-0.05, 0) is 63.1 Å². The minimum Gasteiger partial charge on any atom is -0.398 e. The van der Waals surface area contributed by atoms with Crippen molar-refractivity contribution in [1.29, 1.82) is 0 Å². The largest absolute Gasteiger partial charge is 0.398 e. The van der Waals surface area contributed by atoms with Crippen LogP contribution in [-0.2, 0) is 13.1 Å². The molecule has 1 aromatic heterocycles. The summed E-state index contributed by atoms with van der Waals surface area (Å²) in [6.45, 7) is 1.90. The van der Waals surface area contributed by atoms with E-state index in [1.54, 1.807) is 11.3 Å². The van der Waals surface area contributed by atoms with Crippen molar-refractivity contribution in [3.8, 4) is 0 Å². The van der Waals surface area contributed by atoms with Gasteiger partial charge in [-0.15, -0.1) is 0 Å². The lowest BCUT2D eigenvalue weighted by Crippen LogP contribution is -2.16. The van der Waals surface area contributed by atoms with Crippen LogP contribution in [0, 0.1) is 0 Å². The van der Waals surface area contributed by atoms with Crippen LogP contribution in [0.15, 0.2) is 39.5 Å². The first kappa shape index (κ1) is 12.6. The van der Waals surface area contributed by atoms with E-state index >= 15 is 0 Å². The molecule has 90 valence electrons. The molecule has 0 bridgehead atoms. The Morgan fingerprint density at radius 1 is 1.24 bits per heavy atom. The van der Waals surface area contributed by atoms with E-state index in [0.29, 0.717) is 0 Å². The quantitative estimate of drug-likeness (QED) is 0.872. The van der Waals surface area contributed by atoms with Gasteiger partial charge in [0.15, 0.2) is 0 Å². The molecule has 0 aliphatic heterocycles. The number of thiophene rings is 1. The Labute approximate surface area is 114 Å². The molecule has 2 N–H and O–H groups in total. The highest BCUT2D eigenvalue weighted by Crippen LogP contribution is 2.21. The van der Waals surface area contributed by atoms with Gasteiger partial charge in [0.05, 0.1) is 0 Å². The van der Waals surface area contributed by atoms with Gasteiger partial charge in [-0.25, -0.2) is 0 Å². The van der Waals surface area contributed by atoms with Gasteiger partial charge in [0.2, 0.25) is 0 Å². The van der Waals surface area contributed by atoms with Crippen molar-refractivity contribution >= 4 is 33.0 Å². The molecule has 0 radical (unpaired) electrons. The topological polar surface area (TPSA) is 29.3 Å². The third kappa shape index (κ3) is 3.56. The zero-order valence-corrected chi connectivity index (χ0v) is 12.1. The van der Waals surface area contributed by atoms with E-state index in [1.807, 2.05) is 6.07 Å². The number of anilines is 1. The van der Waals surface area contributed by atoms with Crippen LogP contribution < -0.4 is 5.73 Å². The monoisotopic (exact) mass is 310 g/mol. The Bertz CT molecular complexity index is 482. The smallest absolute Gasteiger partial charge is 0.0458 e. The number of hydrogen-bond acceptors (Lipinski definition) is 3. The molecule has 17 heavy (non-hydrogen) atoms. The molecule has 0 fully saturated rings. The van der Waals surface area contributed by atoms with Crippen LogP contribution in [0.5, 0.6) is 0 Å². The van der Waals surface area contributed by atoms with Crippen molar-refractivity contribution < 1.29 is 0 Å². The SMILES string of the molecule is CN(Cc1ccsc1)Cc1ccc(N)c(Br)c1. The first-order valence-corrected chi connectivity index (χ1v) is 7.12. The van der Waals surface area contributed by atoms with E-state index in [2.05, 4.69) is 56.8 Å². The number of halogens is 1. The van der Waals surface area contributed by atoms with Crippen molar-refractivity contribution in [2.24, 2.45) is 0 Å². The Morgan fingerprint density at radius 2 is 2.00 bits per heavy atom. The van der Waals surface area contributed by atoms with Gasteiger partial charge >= 0.3 is 0 Å². The molecular formula is C13H15BrN2S. The summed E-state index contributed by atoms with van der Waals surface area (Å²) in [5.74, 6) is 0. The van der Waals surface area contributed by atoms with Crippen LogP contribution in [0.25, 0.3) is 0 Å². The van der Waals surface area contributed by atoms with Crippen molar-refractivity contribution in [2.75, 3.05) is 12.8 Å². The summed E-state index contributed by atoms with van der Waals surface area (Å²) in [5, 5.41) is 4.30. The highest BCUT2D eigenvalue weighted by atomic mass is 79.9. The number of rotatable bonds is 4. The minimum atomic E-state index is 0.786. The summed E-state index contributed by atoms with van der Waals surface area (Å²) in [6, 6.07) is 8.27.